The fraction of sp³-hybridized carbons (Fsp3) is 0.417. The number of nitrogens with zero attached hydrogens (tertiary/aromatic N) is 4. The van der Waals surface area contributed by atoms with E-state index in [0.717, 1.165) is 6.42 Å². The maximum atomic E-state index is 13.8. The van der Waals surface area contributed by atoms with Gasteiger partial charge in [-0.3, -0.25) is 0 Å². The Hall–Kier alpha value is -1.98. The molecule has 18 heavy (non-hydrogen) atoms. The molecular formula is C12H16FN5. The smallest absolute Gasteiger partial charge is 0.185 e. The summed E-state index contributed by atoms with van der Waals surface area (Å²) in [5.74, 6) is 0.0128. The van der Waals surface area contributed by atoms with Crippen molar-refractivity contribution in [3.05, 3.63) is 24.0 Å². The molecule has 1 aromatic carbocycles. The van der Waals surface area contributed by atoms with E-state index in [-0.39, 0.29) is 11.4 Å². The molecule has 5 nitrogen and oxygen atoms in total. The van der Waals surface area contributed by atoms with E-state index in [2.05, 4.69) is 15.5 Å². The van der Waals surface area contributed by atoms with Crippen molar-refractivity contribution in [3.8, 4) is 11.4 Å². The highest BCUT2D eigenvalue weighted by molar-refractivity contribution is 5.61. The summed E-state index contributed by atoms with van der Waals surface area (Å²) in [6.45, 7) is 6.02. The van der Waals surface area contributed by atoms with Gasteiger partial charge in [-0.25, -0.2) is 9.07 Å². The number of nitrogen functional groups attached to an aromatic ring is 1. The third-order valence-electron chi connectivity index (χ3n) is 3.14. The first-order chi connectivity index (χ1) is 8.45. The van der Waals surface area contributed by atoms with Gasteiger partial charge in [0.1, 0.15) is 5.82 Å². The van der Waals surface area contributed by atoms with Crippen LogP contribution in [-0.4, -0.2) is 20.2 Å². The zero-order valence-electron chi connectivity index (χ0n) is 10.7. The molecule has 0 aliphatic carbocycles. The minimum absolute atomic E-state index is 0.282. The number of nitrogens with two attached hydrogens (primary N) is 1. The Balaban J connectivity index is 2.59. The van der Waals surface area contributed by atoms with Crippen LogP contribution in [0.2, 0.25) is 0 Å². The first-order valence-electron chi connectivity index (χ1n) is 5.80. The molecule has 0 radical (unpaired) electrons. The van der Waals surface area contributed by atoms with E-state index in [0.29, 0.717) is 17.1 Å². The van der Waals surface area contributed by atoms with Crippen molar-refractivity contribution in [1.29, 1.82) is 0 Å². The Morgan fingerprint density at radius 2 is 2.11 bits per heavy atom. The molecular weight excluding hydrogens is 233 g/mol. The van der Waals surface area contributed by atoms with Crippen molar-refractivity contribution < 1.29 is 4.39 Å². The third-order valence-corrected chi connectivity index (χ3v) is 3.14. The van der Waals surface area contributed by atoms with Crippen LogP contribution in [0.25, 0.3) is 11.4 Å². The molecule has 0 atom stereocenters. The van der Waals surface area contributed by atoms with Gasteiger partial charge in [-0.15, -0.1) is 5.10 Å². The molecule has 1 aromatic heterocycles. The normalized spacial score (nSPS) is 11.8. The lowest BCUT2D eigenvalue weighted by Crippen LogP contribution is -2.27. The second-order valence-corrected chi connectivity index (χ2v) is 4.82. The largest absolute Gasteiger partial charge is 0.399 e. The van der Waals surface area contributed by atoms with Gasteiger partial charge in [0, 0.05) is 5.69 Å². The van der Waals surface area contributed by atoms with Gasteiger partial charge in [0.05, 0.1) is 11.1 Å². The van der Waals surface area contributed by atoms with E-state index in [4.69, 9.17) is 5.73 Å². The van der Waals surface area contributed by atoms with E-state index >= 15 is 0 Å². The fourth-order valence-corrected chi connectivity index (χ4v) is 1.63. The molecule has 0 aliphatic rings. The van der Waals surface area contributed by atoms with Crippen LogP contribution >= 0.6 is 0 Å². The van der Waals surface area contributed by atoms with Crippen LogP contribution < -0.4 is 5.73 Å². The summed E-state index contributed by atoms with van der Waals surface area (Å²) in [6, 6.07) is 4.38. The molecule has 0 unspecified atom stereocenters. The van der Waals surface area contributed by atoms with E-state index < -0.39 is 0 Å². The molecule has 2 aromatic rings. The van der Waals surface area contributed by atoms with Crippen LogP contribution in [0.1, 0.15) is 27.2 Å². The first-order valence-corrected chi connectivity index (χ1v) is 5.80. The predicted octanol–water partition coefficient (Wildman–Crippen LogP) is 2.21. The van der Waals surface area contributed by atoms with Crippen molar-refractivity contribution in [2.24, 2.45) is 0 Å². The van der Waals surface area contributed by atoms with Gasteiger partial charge < -0.3 is 5.73 Å². The van der Waals surface area contributed by atoms with Crippen molar-refractivity contribution in [3.63, 3.8) is 0 Å². The lowest BCUT2D eigenvalue weighted by atomic mass is 10.0. The molecule has 0 aliphatic heterocycles. The SMILES string of the molecule is CCC(C)(C)n1nnnc1-c1cc(N)ccc1F. The van der Waals surface area contributed by atoms with Gasteiger partial charge in [0.25, 0.3) is 0 Å². The predicted molar refractivity (Wildman–Crippen MR) is 67.2 cm³/mol. The maximum absolute atomic E-state index is 13.8. The molecule has 0 bridgehead atoms. The number of aromatic nitrogens is 4. The Kier molecular flexibility index (Phi) is 3.02. The molecule has 2 rings (SSSR count). The molecule has 2 N–H and O–H groups in total. The average molecular weight is 249 g/mol. The van der Waals surface area contributed by atoms with Gasteiger partial charge in [0.2, 0.25) is 0 Å². The van der Waals surface area contributed by atoms with E-state index in [1.165, 1.54) is 12.1 Å². The van der Waals surface area contributed by atoms with Crippen molar-refractivity contribution in [1.82, 2.24) is 20.2 Å². The highest BCUT2D eigenvalue weighted by Gasteiger charge is 2.25. The van der Waals surface area contributed by atoms with E-state index in [1.54, 1.807) is 10.7 Å². The van der Waals surface area contributed by atoms with E-state index in [9.17, 15) is 4.39 Å². The van der Waals surface area contributed by atoms with E-state index in [1.807, 2.05) is 20.8 Å². The number of rotatable bonds is 3. The summed E-state index contributed by atoms with van der Waals surface area (Å²) in [5, 5.41) is 11.5. The van der Waals surface area contributed by atoms with Crippen LogP contribution in [0.4, 0.5) is 10.1 Å². The third kappa shape index (κ3) is 2.05. The minimum atomic E-state index is -0.382. The van der Waals surface area contributed by atoms with Crippen molar-refractivity contribution in [2.75, 3.05) is 5.73 Å². The standard InChI is InChI=1S/C12H16FN5/c1-4-12(2,3)18-11(15-16-17-18)9-7-8(14)5-6-10(9)13/h5-7H,4,14H2,1-3H3. The maximum Gasteiger partial charge on any atom is 0.185 e. The molecule has 1 heterocycles. The van der Waals surface area contributed by atoms with Crippen LogP contribution in [0, 0.1) is 5.82 Å². The highest BCUT2D eigenvalue weighted by Crippen LogP contribution is 2.27. The monoisotopic (exact) mass is 249 g/mol. The molecule has 0 fully saturated rings. The quantitative estimate of drug-likeness (QED) is 0.847. The summed E-state index contributed by atoms with van der Waals surface area (Å²) < 4.78 is 15.5. The summed E-state index contributed by atoms with van der Waals surface area (Å²) in [6.07, 6.45) is 0.828. The second kappa shape index (κ2) is 4.36. The Morgan fingerprint density at radius 3 is 2.78 bits per heavy atom. The van der Waals surface area contributed by atoms with Crippen LogP contribution in [-0.2, 0) is 5.54 Å². The Morgan fingerprint density at radius 1 is 1.39 bits per heavy atom. The summed E-state index contributed by atoms with van der Waals surface area (Å²) in [4.78, 5) is 0. The minimum Gasteiger partial charge on any atom is -0.399 e. The zero-order chi connectivity index (χ0) is 13.3. The topological polar surface area (TPSA) is 69.6 Å². The second-order valence-electron chi connectivity index (χ2n) is 4.82. The Bertz CT molecular complexity index is 561. The number of anilines is 1. The lowest BCUT2D eigenvalue weighted by Gasteiger charge is -2.23. The first kappa shape index (κ1) is 12.5. The van der Waals surface area contributed by atoms with Gasteiger partial charge in [0.15, 0.2) is 5.82 Å². The van der Waals surface area contributed by atoms with Crippen LogP contribution in [0.5, 0.6) is 0 Å². The number of hydrogen-bond donors (Lipinski definition) is 1. The average Bonchev–Trinajstić information content (AvgIpc) is 2.82. The molecule has 6 heteroatoms. The molecule has 0 amide bonds. The highest BCUT2D eigenvalue weighted by atomic mass is 19.1. The van der Waals surface area contributed by atoms with Gasteiger partial charge in [-0.1, -0.05) is 6.92 Å². The summed E-state index contributed by atoms with van der Waals surface area (Å²) in [7, 11) is 0. The fourth-order valence-electron chi connectivity index (χ4n) is 1.63. The molecule has 96 valence electrons. The zero-order valence-corrected chi connectivity index (χ0v) is 10.7. The van der Waals surface area contributed by atoms with Crippen molar-refractivity contribution >= 4 is 5.69 Å². The number of hydrogen-bond acceptors (Lipinski definition) is 4. The van der Waals surface area contributed by atoms with Crippen LogP contribution in [0.3, 0.4) is 0 Å². The van der Waals surface area contributed by atoms with Gasteiger partial charge in [-0.2, -0.15) is 0 Å². The molecule has 0 saturated heterocycles. The van der Waals surface area contributed by atoms with Crippen molar-refractivity contribution in [2.45, 2.75) is 32.7 Å². The number of tetrazole rings is 1. The van der Waals surface area contributed by atoms with Gasteiger partial charge >= 0.3 is 0 Å². The Labute approximate surface area is 105 Å². The molecule has 0 saturated carbocycles. The number of halogens is 1. The number of benzene rings is 1. The van der Waals surface area contributed by atoms with Gasteiger partial charge in [-0.05, 0) is 48.9 Å². The van der Waals surface area contributed by atoms with Crippen LogP contribution in [0.15, 0.2) is 18.2 Å². The lowest BCUT2D eigenvalue weighted by molar-refractivity contribution is 0.304. The summed E-state index contributed by atoms with van der Waals surface area (Å²) in [5.41, 5.74) is 6.20. The molecule has 0 spiro atoms. The summed E-state index contributed by atoms with van der Waals surface area (Å²) >= 11 is 0.